The molecular formula is C25H47N3O4. The Morgan fingerprint density at radius 2 is 1.16 bits per heavy atom. The second-order valence-electron chi connectivity index (χ2n) is 12.5. The third kappa shape index (κ3) is 9.65. The molecule has 0 aliphatic carbocycles. The first-order valence-corrected chi connectivity index (χ1v) is 12.3. The number of ether oxygens (including phenoxy) is 2. The molecule has 0 spiro atoms. The molecular weight excluding hydrogens is 406 g/mol. The zero-order valence-corrected chi connectivity index (χ0v) is 21.7. The molecule has 2 aliphatic heterocycles. The minimum atomic E-state index is -0.348. The molecule has 32 heavy (non-hydrogen) atoms. The summed E-state index contributed by atoms with van der Waals surface area (Å²) in [6.07, 6.45) is 5.69. The number of unbranched alkanes of at least 4 members (excludes halogenated alkanes) is 2. The summed E-state index contributed by atoms with van der Waals surface area (Å²) in [5, 5.41) is 10.0. The Morgan fingerprint density at radius 1 is 0.719 bits per heavy atom. The molecule has 0 unspecified atom stereocenters. The Balaban J connectivity index is 1.58. The molecule has 7 nitrogen and oxygen atoms in total. The molecule has 0 aromatic carbocycles. The molecule has 0 aromatic heterocycles. The molecule has 2 fully saturated rings. The fourth-order valence-electron chi connectivity index (χ4n) is 5.82. The van der Waals surface area contributed by atoms with Gasteiger partial charge in [-0.15, -0.1) is 0 Å². The van der Waals surface area contributed by atoms with E-state index in [0.29, 0.717) is 13.0 Å². The quantitative estimate of drug-likeness (QED) is 0.372. The lowest BCUT2D eigenvalue weighted by Crippen LogP contribution is -2.60. The molecule has 0 bridgehead atoms. The summed E-state index contributed by atoms with van der Waals surface area (Å²) in [5.74, 6) is -0.119. The molecule has 0 aromatic rings. The van der Waals surface area contributed by atoms with Gasteiger partial charge in [-0.3, -0.25) is 4.79 Å². The number of alkyl carbamates (subject to hydrolysis) is 1. The lowest BCUT2D eigenvalue weighted by atomic mass is 9.81. The number of hydrogen-bond acceptors (Lipinski definition) is 6. The third-order valence-corrected chi connectivity index (χ3v) is 6.20. The van der Waals surface area contributed by atoms with E-state index >= 15 is 0 Å². The molecule has 7 heteroatoms. The lowest BCUT2D eigenvalue weighted by Gasteiger charge is -2.45. The van der Waals surface area contributed by atoms with E-state index in [0.717, 1.165) is 44.9 Å². The van der Waals surface area contributed by atoms with Gasteiger partial charge in [0.15, 0.2) is 0 Å². The van der Waals surface area contributed by atoms with E-state index < -0.39 is 0 Å². The molecule has 0 saturated carbocycles. The summed E-state index contributed by atoms with van der Waals surface area (Å²) in [6, 6.07) is 0. The van der Waals surface area contributed by atoms with Crippen molar-refractivity contribution in [3.63, 3.8) is 0 Å². The molecule has 2 rings (SSSR count). The fourth-order valence-corrected chi connectivity index (χ4v) is 5.82. The first-order valence-electron chi connectivity index (χ1n) is 12.3. The Hall–Kier alpha value is -1.34. The van der Waals surface area contributed by atoms with Gasteiger partial charge in [0.25, 0.3) is 0 Å². The Kier molecular flexibility index (Phi) is 8.65. The van der Waals surface area contributed by atoms with Crippen LogP contribution in [0.3, 0.4) is 0 Å². The van der Waals surface area contributed by atoms with E-state index in [-0.39, 0.29) is 46.4 Å². The molecule has 0 atom stereocenters. The Labute approximate surface area is 195 Å². The first kappa shape index (κ1) is 26.9. The number of piperidine rings is 2. The van der Waals surface area contributed by atoms with Crippen LogP contribution in [-0.4, -0.2) is 53.0 Å². The van der Waals surface area contributed by atoms with Crippen molar-refractivity contribution in [3.05, 3.63) is 0 Å². The van der Waals surface area contributed by atoms with Crippen LogP contribution in [0.25, 0.3) is 0 Å². The van der Waals surface area contributed by atoms with Crippen LogP contribution in [0, 0.1) is 0 Å². The highest BCUT2D eigenvalue weighted by molar-refractivity contribution is 5.69. The molecule has 1 amide bonds. The standard InChI is InChI=1S/C25H47N3O4/c1-22(2)14-18(15-23(3,4)27-22)31-20(29)12-10-9-11-13-26-21(30)32-19-16-24(5,6)28-25(7,8)17-19/h18-19,27-28H,9-17H2,1-8H3,(H,26,30). The number of amides is 1. The van der Waals surface area contributed by atoms with Gasteiger partial charge in [-0.2, -0.15) is 0 Å². The van der Waals surface area contributed by atoms with Crippen LogP contribution in [0.5, 0.6) is 0 Å². The second-order valence-corrected chi connectivity index (χ2v) is 12.5. The van der Waals surface area contributed by atoms with Crippen molar-refractivity contribution < 1.29 is 19.1 Å². The van der Waals surface area contributed by atoms with E-state index in [2.05, 4.69) is 71.3 Å². The van der Waals surface area contributed by atoms with Crippen molar-refractivity contribution in [2.24, 2.45) is 0 Å². The summed E-state index contributed by atoms with van der Waals surface area (Å²) in [5.41, 5.74) is -0.179. The van der Waals surface area contributed by atoms with Gasteiger partial charge in [-0.1, -0.05) is 6.42 Å². The number of carbonyl (C=O) groups excluding carboxylic acids is 2. The SMILES string of the molecule is CC1(C)CC(OC(=O)CCCCCNC(=O)OC2CC(C)(C)NC(C)(C)C2)CC(C)(C)N1. The summed E-state index contributed by atoms with van der Waals surface area (Å²) in [6.45, 7) is 17.7. The molecule has 3 N–H and O–H groups in total. The molecule has 186 valence electrons. The summed E-state index contributed by atoms with van der Waals surface area (Å²) < 4.78 is 11.4. The maximum atomic E-state index is 12.3. The molecule has 2 aliphatic rings. The van der Waals surface area contributed by atoms with E-state index in [4.69, 9.17) is 9.47 Å². The highest BCUT2D eigenvalue weighted by Crippen LogP contribution is 2.31. The highest BCUT2D eigenvalue weighted by atomic mass is 16.6. The van der Waals surface area contributed by atoms with Gasteiger partial charge in [-0.25, -0.2) is 4.79 Å². The zero-order valence-electron chi connectivity index (χ0n) is 21.7. The average Bonchev–Trinajstić information content (AvgIpc) is 2.51. The maximum absolute atomic E-state index is 12.3. The van der Waals surface area contributed by atoms with Crippen LogP contribution in [0.1, 0.15) is 107 Å². The summed E-state index contributed by atoms with van der Waals surface area (Å²) >= 11 is 0. The monoisotopic (exact) mass is 453 g/mol. The van der Waals surface area contributed by atoms with Crippen molar-refractivity contribution in [3.8, 4) is 0 Å². The fraction of sp³-hybridized carbons (Fsp3) is 0.920. The van der Waals surface area contributed by atoms with Crippen molar-refractivity contribution in [1.82, 2.24) is 16.0 Å². The van der Waals surface area contributed by atoms with E-state index in [1.165, 1.54) is 0 Å². The van der Waals surface area contributed by atoms with Gasteiger partial charge in [0, 0.05) is 60.8 Å². The minimum Gasteiger partial charge on any atom is -0.462 e. The van der Waals surface area contributed by atoms with Crippen LogP contribution in [0.15, 0.2) is 0 Å². The van der Waals surface area contributed by atoms with Crippen LogP contribution in [-0.2, 0) is 14.3 Å². The summed E-state index contributed by atoms with van der Waals surface area (Å²) in [4.78, 5) is 24.4. The van der Waals surface area contributed by atoms with Gasteiger partial charge in [0.1, 0.15) is 12.2 Å². The smallest absolute Gasteiger partial charge is 0.407 e. The van der Waals surface area contributed by atoms with Crippen molar-refractivity contribution >= 4 is 12.1 Å². The van der Waals surface area contributed by atoms with Crippen molar-refractivity contribution in [2.75, 3.05) is 6.54 Å². The molecule has 0 radical (unpaired) electrons. The predicted octanol–water partition coefficient (Wildman–Crippen LogP) is 4.43. The largest absolute Gasteiger partial charge is 0.462 e. The number of rotatable bonds is 8. The second kappa shape index (κ2) is 10.3. The Morgan fingerprint density at radius 3 is 1.62 bits per heavy atom. The van der Waals surface area contributed by atoms with Gasteiger partial charge >= 0.3 is 12.1 Å². The van der Waals surface area contributed by atoms with Crippen LogP contribution in [0.2, 0.25) is 0 Å². The van der Waals surface area contributed by atoms with Gasteiger partial charge in [0.2, 0.25) is 0 Å². The van der Waals surface area contributed by atoms with E-state index in [1.54, 1.807) is 0 Å². The normalized spacial score (nSPS) is 24.5. The summed E-state index contributed by atoms with van der Waals surface area (Å²) in [7, 11) is 0. The number of hydrogen-bond donors (Lipinski definition) is 3. The van der Waals surface area contributed by atoms with Gasteiger partial charge < -0.3 is 25.4 Å². The number of nitrogens with one attached hydrogen (secondary N) is 3. The van der Waals surface area contributed by atoms with Gasteiger partial charge in [-0.05, 0) is 68.2 Å². The van der Waals surface area contributed by atoms with E-state index in [9.17, 15) is 9.59 Å². The number of carbonyl (C=O) groups is 2. The average molecular weight is 454 g/mol. The van der Waals surface area contributed by atoms with Gasteiger partial charge in [0.05, 0.1) is 0 Å². The van der Waals surface area contributed by atoms with Crippen molar-refractivity contribution in [2.45, 2.75) is 141 Å². The highest BCUT2D eigenvalue weighted by Gasteiger charge is 2.40. The minimum absolute atomic E-state index is 0.0323. The van der Waals surface area contributed by atoms with Crippen LogP contribution < -0.4 is 16.0 Å². The zero-order chi connectivity index (χ0) is 24.2. The maximum Gasteiger partial charge on any atom is 0.407 e. The third-order valence-electron chi connectivity index (χ3n) is 6.20. The molecule has 2 saturated heterocycles. The topological polar surface area (TPSA) is 88.7 Å². The Bertz CT molecular complexity index is 570. The lowest BCUT2D eigenvalue weighted by molar-refractivity contribution is -0.153. The number of esters is 1. The molecule has 2 heterocycles. The van der Waals surface area contributed by atoms with E-state index in [1.807, 2.05) is 0 Å². The first-order chi connectivity index (χ1) is 14.6. The predicted molar refractivity (Wildman–Crippen MR) is 128 cm³/mol. The van der Waals surface area contributed by atoms with Crippen molar-refractivity contribution in [1.29, 1.82) is 0 Å². The van der Waals surface area contributed by atoms with Crippen LogP contribution >= 0.6 is 0 Å². The van der Waals surface area contributed by atoms with Crippen LogP contribution in [0.4, 0.5) is 4.79 Å².